The second-order valence-electron chi connectivity index (χ2n) is 7.09. The average molecular weight is 386 g/mol. The molecule has 2 fully saturated rings. The van der Waals surface area contributed by atoms with Crippen molar-refractivity contribution in [1.82, 2.24) is 15.0 Å². The SMILES string of the molecule is O=C(CCc1cc(Cl)no1)N1CC[C@H](N2CCOCC2)[C@H](CCCO)C1. The molecule has 0 radical (unpaired) electrons. The molecule has 0 aromatic carbocycles. The summed E-state index contributed by atoms with van der Waals surface area (Å²) in [6.45, 7) is 5.23. The van der Waals surface area contributed by atoms with E-state index in [1.807, 2.05) is 4.90 Å². The van der Waals surface area contributed by atoms with Gasteiger partial charge in [0.1, 0.15) is 5.76 Å². The highest BCUT2D eigenvalue weighted by atomic mass is 35.5. The first-order chi connectivity index (χ1) is 12.7. The van der Waals surface area contributed by atoms with Crippen molar-refractivity contribution in [3.05, 3.63) is 17.0 Å². The predicted molar refractivity (Wildman–Crippen MR) is 97.0 cm³/mol. The molecule has 1 N–H and O–H groups in total. The smallest absolute Gasteiger partial charge is 0.223 e. The Hall–Kier alpha value is -1.15. The summed E-state index contributed by atoms with van der Waals surface area (Å²) in [5.41, 5.74) is 0. The molecule has 1 aromatic heterocycles. The van der Waals surface area contributed by atoms with Gasteiger partial charge in [0.2, 0.25) is 5.91 Å². The van der Waals surface area contributed by atoms with Gasteiger partial charge in [-0.2, -0.15) is 0 Å². The van der Waals surface area contributed by atoms with Crippen LogP contribution in [0.3, 0.4) is 0 Å². The van der Waals surface area contributed by atoms with Crippen molar-refractivity contribution in [1.29, 1.82) is 0 Å². The van der Waals surface area contributed by atoms with Crippen molar-refractivity contribution in [3.63, 3.8) is 0 Å². The Morgan fingerprint density at radius 3 is 2.85 bits per heavy atom. The van der Waals surface area contributed by atoms with Crippen LogP contribution in [0.25, 0.3) is 0 Å². The van der Waals surface area contributed by atoms with Gasteiger partial charge in [-0.1, -0.05) is 16.8 Å². The van der Waals surface area contributed by atoms with Gasteiger partial charge in [-0.25, -0.2) is 0 Å². The molecule has 8 heteroatoms. The van der Waals surface area contributed by atoms with Crippen LogP contribution in [0.5, 0.6) is 0 Å². The maximum Gasteiger partial charge on any atom is 0.223 e. The number of aliphatic hydroxyl groups excluding tert-OH is 1. The van der Waals surface area contributed by atoms with E-state index in [1.54, 1.807) is 6.07 Å². The molecule has 0 saturated carbocycles. The lowest BCUT2D eigenvalue weighted by atomic mass is 9.86. The van der Waals surface area contributed by atoms with Gasteiger partial charge in [-0.05, 0) is 25.2 Å². The van der Waals surface area contributed by atoms with Crippen LogP contribution < -0.4 is 0 Å². The Morgan fingerprint density at radius 1 is 1.35 bits per heavy atom. The Balaban J connectivity index is 1.54. The number of carbonyl (C=O) groups excluding carboxylic acids is 1. The molecule has 0 unspecified atom stereocenters. The molecule has 146 valence electrons. The van der Waals surface area contributed by atoms with E-state index in [9.17, 15) is 9.90 Å². The molecule has 1 aromatic rings. The van der Waals surface area contributed by atoms with E-state index in [0.29, 0.717) is 35.7 Å². The summed E-state index contributed by atoms with van der Waals surface area (Å²) in [5.74, 6) is 1.19. The molecule has 0 bridgehead atoms. The number of hydrogen-bond acceptors (Lipinski definition) is 6. The molecule has 2 atom stereocenters. The van der Waals surface area contributed by atoms with Crippen molar-refractivity contribution in [2.45, 2.75) is 38.1 Å². The van der Waals surface area contributed by atoms with Crippen LogP contribution in [0, 0.1) is 5.92 Å². The van der Waals surface area contributed by atoms with Gasteiger partial charge in [0, 0.05) is 57.7 Å². The van der Waals surface area contributed by atoms with Crippen LogP contribution in [0.1, 0.15) is 31.4 Å². The number of ether oxygens (including phenoxy) is 1. The third-order valence-electron chi connectivity index (χ3n) is 5.41. The number of carbonyl (C=O) groups is 1. The number of aromatic nitrogens is 1. The van der Waals surface area contributed by atoms with Crippen LogP contribution in [0.2, 0.25) is 5.15 Å². The van der Waals surface area contributed by atoms with Gasteiger partial charge < -0.3 is 19.3 Å². The number of halogens is 1. The highest BCUT2D eigenvalue weighted by molar-refractivity contribution is 6.29. The fourth-order valence-corrected chi connectivity index (χ4v) is 4.22. The number of amides is 1. The summed E-state index contributed by atoms with van der Waals surface area (Å²) in [7, 11) is 0. The number of rotatable bonds is 7. The number of aliphatic hydroxyl groups is 1. The predicted octanol–water partition coefficient (Wildman–Crippen LogP) is 1.58. The molecule has 3 rings (SSSR count). The minimum absolute atomic E-state index is 0.145. The Labute approximate surface area is 159 Å². The van der Waals surface area contributed by atoms with Crippen LogP contribution in [-0.4, -0.2) is 78.0 Å². The molecule has 2 saturated heterocycles. The lowest BCUT2D eigenvalue weighted by molar-refractivity contribution is -0.135. The van der Waals surface area contributed by atoms with E-state index in [0.717, 1.165) is 58.7 Å². The van der Waals surface area contributed by atoms with Crippen LogP contribution in [-0.2, 0) is 16.0 Å². The van der Waals surface area contributed by atoms with E-state index in [4.69, 9.17) is 20.9 Å². The maximum absolute atomic E-state index is 12.6. The van der Waals surface area contributed by atoms with Crippen LogP contribution in [0.15, 0.2) is 10.6 Å². The maximum atomic E-state index is 12.6. The number of likely N-dealkylation sites (tertiary alicyclic amines) is 1. The molecular formula is C18H28ClN3O4. The minimum Gasteiger partial charge on any atom is -0.396 e. The Bertz CT molecular complexity index is 577. The van der Waals surface area contributed by atoms with Gasteiger partial charge in [0.15, 0.2) is 5.15 Å². The fraction of sp³-hybridized carbons (Fsp3) is 0.778. The number of hydrogen-bond donors (Lipinski definition) is 1. The first kappa shape index (κ1) is 19.6. The van der Waals surface area contributed by atoms with Gasteiger partial charge >= 0.3 is 0 Å². The zero-order valence-electron chi connectivity index (χ0n) is 15.1. The van der Waals surface area contributed by atoms with Crippen LogP contribution >= 0.6 is 11.6 Å². The van der Waals surface area contributed by atoms with Crippen LogP contribution in [0.4, 0.5) is 0 Å². The Kier molecular flexibility index (Phi) is 7.31. The summed E-state index contributed by atoms with van der Waals surface area (Å²) >= 11 is 5.75. The van der Waals surface area contributed by atoms with E-state index in [-0.39, 0.29) is 12.5 Å². The van der Waals surface area contributed by atoms with Crippen molar-refractivity contribution >= 4 is 17.5 Å². The van der Waals surface area contributed by atoms with Crippen molar-refractivity contribution in [2.24, 2.45) is 5.92 Å². The molecule has 26 heavy (non-hydrogen) atoms. The van der Waals surface area contributed by atoms with Crippen molar-refractivity contribution < 1.29 is 19.2 Å². The average Bonchev–Trinajstić information content (AvgIpc) is 3.10. The highest BCUT2D eigenvalue weighted by Crippen LogP contribution is 2.27. The normalized spacial score (nSPS) is 24.8. The summed E-state index contributed by atoms with van der Waals surface area (Å²) in [6, 6.07) is 2.13. The summed E-state index contributed by atoms with van der Waals surface area (Å²) in [6.07, 6.45) is 3.63. The van der Waals surface area contributed by atoms with Gasteiger partial charge in [-0.15, -0.1) is 0 Å². The van der Waals surface area contributed by atoms with E-state index in [1.165, 1.54) is 0 Å². The monoisotopic (exact) mass is 385 g/mol. The lowest BCUT2D eigenvalue weighted by Gasteiger charge is -2.45. The number of morpholine rings is 1. The topological polar surface area (TPSA) is 79.0 Å². The second kappa shape index (κ2) is 9.69. The Morgan fingerprint density at radius 2 is 2.15 bits per heavy atom. The van der Waals surface area contributed by atoms with E-state index in [2.05, 4.69) is 10.1 Å². The fourth-order valence-electron chi connectivity index (χ4n) is 4.07. The van der Waals surface area contributed by atoms with Crippen molar-refractivity contribution in [2.75, 3.05) is 46.0 Å². The highest BCUT2D eigenvalue weighted by Gasteiger charge is 2.35. The molecule has 0 aliphatic carbocycles. The minimum atomic E-state index is 0.145. The van der Waals surface area contributed by atoms with Crippen molar-refractivity contribution in [3.8, 4) is 0 Å². The first-order valence-electron chi connectivity index (χ1n) is 9.49. The third-order valence-corrected chi connectivity index (χ3v) is 5.59. The van der Waals surface area contributed by atoms with Gasteiger partial charge in [0.05, 0.1) is 13.2 Å². The van der Waals surface area contributed by atoms with Gasteiger partial charge in [-0.3, -0.25) is 9.69 Å². The molecular weight excluding hydrogens is 358 g/mol. The largest absolute Gasteiger partial charge is 0.396 e. The number of piperidine rings is 1. The van der Waals surface area contributed by atoms with E-state index < -0.39 is 0 Å². The summed E-state index contributed by atoms with van der Waals surface area (Å²) in [5, 5.41) is 13.2. The van der Waals surface area contributed by atoms with E-state index >= 15 is 0 Å². The quantitative estimate of drug-likeness (QED) is 0.767. The third kappa shape index (κ3) is 5.19. The summed E-state index contributed by atoms with van der Waals surface area (Å²) < 4.78 is 10.5. The standard InChI is InChI=1S/C18H28ClN3O4/c19-17-12-15(26-20-17)3-4-18(24)22-6-5-16(14(13-22)2-1-9-23)21-7-10-25-11-8-21/h12,14,16,23H,1-11,13H2/t14-,16+/m1/s1. The lowest BCUT2D eigenvalue weighted by Crippen LogP contribution is -2.55. The molecule has 3 heterocycles. The molecule has 7 nitrogen and oxygen atoms in total. The molecule has 2 aliphatic heterocycles. The number of aryl methyl sites for hydroxylation is 1. The zero-order valence-corrected chi connectivity index (χ0v) is 15.9. The number of nitrogens with zero attached hydrogens (tertiary/aromatic N) is 3. The molecule has 0 spiro atoms. The second-order valence-corrected chi connectivity index (χ2v) is 7.47. The zero-order chi connectivity index (χ0) is 18.4. The van der Waals surface area contributed by atoms with Gasteiger partial charge in [0.25, 0.3) is 0 Å². The first-order valence-corrected chi connectivity index (χ1v) is 9.86. The summed E-state index contributed by atoms with van der Waals surface area (Å²) in [4.78, 5) is 17.1. The molecule has 2 aliphatic rings. The molecule has 1 amide bonds.